The van der Waals surface area contributed by atoms with Crippen LogP contribution in [0.5, 0.6) is 0 Å². The van der Waals surface area contributed by atoms with Crippen molar-refractivity contribution in [3.8, 4) is 0 Å². The van der Waals surface area contributed by atoms with E-state index >= 15 is 0 Å². The van der Waals surface area contributed by atoms with Crippen LogP contribution in [0.1, 0.15) is 86.0 Å². The van der Waals surface area contributed by atoms with Crippen molar-refractivity contribution in [3.63, 3.8) is 0 Å². The van der Waals surface area contributed by atoms with Crippen LogP contribution in [-0.4, -0.2) is 30.4 Å². The van der Waals surface area contributed by atoms with Crippen LogP contribution in [0.3, 0.4) is 0 Å². The molecule has 1 unspecified atom stereocenters. The van der Waals surface area contributed by atoms with Crippen LogP contribution in [0.2, 0.25) is 0 Å². The fourth-order valence-electron chi connectivity index (χ4n) is 8.41. The van der Waals surface area contributed by atoms with Crippen LogP contribution < -0.4 is 0 Å². The van der Waals surface area contributed by atoms with Crippen molar-refractivity contribution in [2.24, 2.45) is 46.3 Å². The Morgan fingerprint density at radius 2 is 1.83 bits per heavy atom. The third-order valence-corrected chi connectivity index (χ3v) is 10.7. The predicted octanol–water partition coefficient (Wildman–Crippen LogP) is 5.66. The number of rotatable bonds is 6. The number of ketones is 3. The van der Waals surface area contributed by atoms with Crippen molar-refractivity contribution in [2.45, 2.75) is 86.0 Å². The number of carbonyl (C=O) groups excluding carboxylic acids is 4. The number of carbonyl (C=O) groups is 4. The minimum absolute atomic E-state index is 0.0535. The van der Waals surface area contributed by atoms with E-state index in [4.69, 9.17) is 4.74 Å². The lowest BCUT2D eigenvalue weighted by atomic mass is 9.48. The summed E-state index contributed by atoms with van der Waals surface area (Å²) in [5.74, 6) is 0.522. The summed E-state index contributed by atoms with van der Waals surface area (Å²) in [7, 11) is 1.40. The molecule has 0 aromatic carbocycles. The molecule has 0 amide bonds. The molecule has 4 rings (SSSR count). The molecule has 4 aliphatic carbocycles. The summed E-state index contributed by atoms with van der Waals surface area (Å²) in [5, 5.41) is 0. The van der Waals surface area contributed by atoms with Gasteiger partial charge in [-0.3, -0.25) is 19.2 Å². The lowest BCUT2D eigenvalue weighted by Gasteiger charge is -2.53. The van der Waals surface area contributed by atoms with E-state index in [1.165, 1.54) is 7.11 Å². The minimum Gasteiger partial charge on any atom is -0.469 e. The first-order valence-corrected chi connectivity index (χ1v) is 13.5. The number of hydrogen-bond donors (Lipinski definition) is 0. The summed E-state index contributed by atoms with van der Waals surface area (Å²) in [6, 6.07) is 0. The van der Waals surface area contributed by atoms with Gasteiger partial charge >= 0.3 is 5.97 Å². The van der Waals surface area contributed by atoms with Crippen LogP contribution in [-0.2, 0) is 23.9 Å². The van der Waals surface area contributed by atoms with E-state index in [1.54, 1.807) is 0 Å². The van der Waals surface area contributed by atoms with Gasteiger partial charge in [0.25, 0.3) is 0 Å². The first kappa shape index (κ1) is 26.0. The molecule has 0 aromatic heterocycles. The minimum atomic E-state index is -0.361. The molecule has 0 aromatic rings. The molecule has 0 aliphatic heterocycles. The zero-order valence-electron chi connectivity index (χ0n) is 22.4. The van der Waals surface area contributed by atoms with Gasteiger partial charge in [0.05, 0.1) is 13.0 Å². The number of methoxy groups -OCH3 is 1. The van der Waals surface area contributed by atoms with Crippen LogP contribution >= 0.6 is 0 Å². The Hall–Kier alpha value is -2.04. The summed E-state index contributed by atoms with van der Waals surface area (Å²) in [6.45, 7) is 14.5. The molecule has 4 aliphatic rings. The molecule has 5 heteroatoms. The van der Waals surface area contributed by atoms with Gasteiger partial charge in [0.1, 0.15) is 5.78 Å². The van der Waals surface area contributed by atoms with E-state index in [2.05, 4.69) is 27.4 Å². The second-order valence-corrected chi connectivity index (χ2v) is 12.5. The smallest absolute Gasteiger partial charge is 0.312 e. The fourth-order valence-corrected chi connectivity index (χ4v) is 8.41. The second-order valence-electron chi connectivity index (χ2n) is 12.5. The molecule has 0 radical (unpaired) electrons. The number of esters is 1. The maximum atomic E-state index is 13.8. The van der Waals surface area contributed by atoms with Gasteiger partial charge in [-0.2, -0.15) is 0 Å². The van der Waals surface area contributed by atoms with Gasteiger partial charge in [0.15, 0.2) is 11.6 Å². The molecule has 5 nitrogen and oxygen atoms in total. The van der Waals surface area contributed by atoms with Crippen molar-refractivity contribution in [1.29, 1.82) is 0 Å². The highest BCUT2D eigenvalue weighted by molar-refractivity contribution is 6.11. The summed E-state index contributed by atoms with van der Waals surface area (Å²) in [6.07, 6.45) is 5.68. The number of fused-ring (bicyclic) bond motifs is 4. The van der Waals surface area contributed by atoms with E-state index in [1.807, 2.05) is 13.8 Å². The highest BCUT2D eigenvalue weighted by atomic mass is 16.5. The summed E-state index contributed by atoms with van der Waals surface area (Å²) in [5.41, 5.74) is 1.91. The highest BCUT2D eigenvalue weighted by Gasteiger charge is 2.61. The van der Waals surface area contributed by atoms with Gasteiger partial charge in [0.2, 0.25) is 0 Å². The fraction of sp³-hybridized carbons (Fsp3) is 0.733. The third kappa shape index (κ3) is 3.97. The van der Waals surface area contributed by atoms with Crippen molar-refractivity contribution < 1.29 is 23.9 Å². The van der Waals surface area contributed by atoms with Crippen molar-refractivity contribution in [3.05, 3.63) is 23.3 Å². The van der Waals surface area contributed by atoms with Gasteiger partial charge in [-0.25, -0.2) is 0 Å². The van der Waals surface area contributed by atoms with Crippen molar-refractivity contribution in [2.75, 3.05) is 7.11 Å². The standard InChI is InChI=1S/C30H42O5/c1-16(18(3)28(34)35-7)8-9-17(2)20-10-11-21-26-24(32)14-22-19(4)23(31)12-13-29(22,5)27(26)25(33)15-30(20,21)6/h17-22H,1,8-15H2,2-7H3/t17-,18?,19+,20-,21+,22+,29+,30-/m1/s1. The molecular weight excluding hydrogens is 440 g/mol. The Bertz CT molecular complexity index is 1000. The van der Waals surface area contributed by atoms with Crippen LogP contribution in [0.4, 0.5) is 0 Å². The summed E-state index contributed by atoms with van der Waals surface area (Å²) >= 11 is 0. The van der Waals surface area contributed by atoms with Gasteiger partial charge < -0.3 is 4.74 Å². The SMILES string of the molecule is C=C(CC[C@@H](C)[C@H]1CC[C@H]2C3=C(C(=O)C[C@]12C)[C@@]1(C)CCC(=O)[C@@H](C)[C@@H]1CC3=O)C(C)C(=O)OC. The second kappa shape index (κ2) is 9.12. The Morgan fingerprint density at radius 3 is 2.49 bits per heavy atom. The Balaban J connectivity index is 1.59. The lowest BCUT2D eigenvalue weighted by molar-refractivity contribution is -0.143. The lowest BCUT2D eigenvalue weighted by Crippen LogP contribution is -2.53. The number of allylic oxidation sites excluding steroid dienone is 2. The predicted molar refractivity (Wildman–Crippen MR) is 134 cm³/mol. The Morgan fingerprint density at radius 1 is 1.14 bits per heavy atom. The molecule has 0 bridgehead atoms. The molecule has 2 saturated carbocycles. The van der Waals surface area contributed by atoms with E-state index in [-0.39, 0.29) is 57.8 Å². The quantitative estimate of drug-likeness (QED) is 0.360. The Labute approximate surface area is 210 Å². The maximum Gasteiger partial charge on any atom is 0.312 e. The van der Waals surface area contributed by atoms with Crippen molar-refractivity contribution in [1.82, 2.24) is 0 Å². The first-order chi connectivity index (χ1) is 16.4. The third-order valence-electron chi connectivity index (χ3n) is 10.7. The average molecular weight is 483 g/mol. The molecule has 0 saturated heterocycles. The van der Waals surface area contributed by atoms with E-state index < -0.39 is 0 Å². The number of Topliss-reactive ketones (excluding diaryl/α,β-unsaturated/α-hetero) is 3. The molecule has 0 spiro atoms. The van der Waals surface area contributed by atoms with Gasteiger partial charge in [-0.1, -0.05) is 39.8 Å². The molecule has 0 heterocycles. The Kier molecular flexibility index (Phi) is 6.78. The molecule has 0 N–H and O–H groups in total. The van der Waals surface area contributed by atoms with Crippen LogP contribution in [0.25, 0.3) is 0 Å². The van der Waals surface area contributed by atoms with Gasteiger partial charge in [-0.15, -0.1) is 0 Å². The zero-order valence-corrected chi connectivity index (χ0v) is 22.4. The zero-order chi connectivity index (χ0) is 25.9. The maximum absolute atomic E-state index is 13.8. The highest BCUT2D eigenvalue weighted by Crippen LogP contribution is 2.64. The monoisotopic (exact) mass is 482 g/mol. The molecule has 8 atom stereocenters. The van der Waals surface area contributed by atoms with E-state index in [0.717, 1.165) is 42.4 Å². The topological polar surface area (TPSA) is 77.5 Å². The van der Waals surface area contributed by atoms with Crippen molar-refractivity contribution >= 4 is 23.3 Å². The van der Waals surface area contributed by atoms with E-state index in [0.29, 0.717) is 37.5 Å². The normalized spacial score (nSPS) is 38.4. The average Bonchev–Trinajstić information content (AvgIpc) is 3.16. The van der Waals surface area contributed by atoms with Gasteiger partial charge in [-0.05, 0) is 68.1 Å². The van der Waals surface area contributed by atoms with E-state index in [9.17, 15) is 19.2 Å². The first-order valence-electron chi connectivity index (χ1n) is 13.5. The molecule has 192 valence electrons. The summed E-state index contributed by atoms with van der Waals surface area (Å²) < 4.78 is 4.86. The number of ether oxygens (including phenoxy) is 1. The van der Waals surface area contributed by atoms with Crippen LogP contribution in [0.15, 0.2) is 23.3 Å². The molecule has 2 fully saturated rings. The number of hydrogen-bond acceptors (Lipinski definition) is 5. The van der Waals surface area contributed by atoms with Crippen LogP contribution in [0, 0.1) is 46.3 Å². The molecular formula is C30H42O5. The molecule has 35 heavy (non-hydrogen) atoms. The van der Waals surface area contributed by atoms with Gasteiger partial charge in [0, 0.05) is 41.7 Å². The largest absolute Gasteiger partial charge is 0.469 e. The summed E-state index contributed by atoms with van der Waals surface area (Å²) in [4.78, 5) is 51.8.